The van der Waals surface area contributed by atoms with E-state index in [1.807, 2.05) is 0 Å². The Morgan fingerprint density at radius 3 is 2.32 bits per heavy atom. The lowest BCUT2D eigenvalue weighted by molar-refractivity contribution is 0.389. The van der Waals surface area contributed by atoms with Crippen LogP contribution < -0.4 is 5.32 Å². The monoisotopic (exact) mass is 265 g/mol. The van der Waals surface area contributed by atoms with Gasteiger partial charge < -0.3 is 5.32 Å². The average molecular weight is 265 g/mol. The van der Waals surface area contributed by atoms with Crippen molar-refractivity contribution in [1.29, 1.82) is 0 Å². The highest BCUT2D eigenvalue weighted by atomic mass is 15.3. The summed E-state index contributed by atoms with van der Waals surface area (Å²) in [7, 11) is 0. The summed E-state index contributed by atoms with van der Waals surface area (Å²) in [6, 6.07) is 0.399. The van der Waals surface area contributed by atoms with Crippen molar-refractivity contribution >= 4 is 0 Å². The Morgan fingerprint density at radius 2 is 1.79 bits per heavy atom. The van der Waals surface area contributed by atoms with Gasteiger partial charge in [0.2, 0.25) is 0 Å². The Labute approximate surface area is 118 Å². The highest BCUT2D eigenvalue weighted by Gasteiger charge is 2.18. The molecule has 3 heteroatoms. The first-order valence-corrected chi connectivity index (χ1v) is 7.82. The van der Waals surface area contributed by atoms with Crippen LogP contribution in [-0.4, -0.2) is 16.3 Å². The molecular weight excluding hydrogens is 234 g/mol. The number of aromatic nitrogens is 2. The summed E-state index contributed by atoms with van der Waals surface area (Å²) in [5.41, 5.74) is 3.90. The number of nitrogens with zero attached hydrogens (tertiary/aromatic N) is 2. The minimum atomic E-state index is 0.399. The molecule has 0 saturated heterocycles. The first-order valence-electron chi connectivity index (χ1n) is 7.82. The van der Waals surface area contributed by atoms with Gasteiger partial charge >= 0.3 is 0 Å². The van der Waals surface area contributed by atoms with E-state index in [9.17, 15) is 0 Å². The molecule has 0 aliphatic heterocycles. The normalized spacial score (nSPS) is 13.2. The molecule has 3 nitrogen and oxygen atoms in total. The molecule has 0 spiro atoms. The largest absolute Gasteiger partial charge is 0.310 e. The van der Waals surface area contributed by atoms with Crippen LogP contribution in [0.2, 0.25) is 0 Å². The smallest absolute Gasteiger partial charge is 0.0644 e. The molecule has 110 valence electrons. The average Bonchev–Trinajstić information content (AvgIpc) is 2.68. The summed E-state index contributed by atoms with van der Waals surface area (Å²) in [6.07, 6.45) is 3.63. The van der Waals surface area contributed by atoms with Gasteiger partial charge in [0.1, 0.15) is 0 Å². The summed E-state index contributed by atoms with van der Waals surface area (Å²) in [4.78, 5) is 0. The second kappa shape index (κ2) is 7.68. The number of rotatable bonds is 8. The fourth-order valence-corrected chi connectivity index (χ4v) is 2.77. The lowest BCUT2D eigenvalue weighted by Crippen LogP contribution is -2.20. The minimum absolute atomic E-state index is 0.399. The van der Waals surface area contributed by atoms with E-state index in [0.717, 1.165) is 19.0 Å². The third-order valence-corrected chi connectivity index (χ3v) is 4.16. The van der Waals surface area contributed by atoms with Crippen molar-refractivity contribution in [3.63, 3.8) is 0 Å². The van der Waals surface area contributed by atoms with Gasteiger partial charge in [0.05, 0.1) is 5.69 Å². The quantitative estimate of drug-likeness (QED) is 0.770. The predicted octanol–water partition coefficient (Wildman–Crippen LogP) is 4.00. The lowest BCUT2D eigenvalue weighted by Gasteiger charge is -2.16. The van der Waals surface area contributed by atoms with Crippen LogP contribution in [0.4, 0.5) is 0 Å². The van der Waals surface area contributed by atoms with Crippen LogP contribution in [0.25, 0.3) is 0 Å². The molecule has 0 saturated carbocycles. The fourth-order valence-electron chi connectivity index (χ4n) is 2.77. The van der Waals surface area contributed by atoms with Crippen LogP contribution in [0.3, 0.4) is 0 Å². The van der Waals surface area contributed by atoms with E-state index < -0.39 is 0 Å². The Kier molecular flexibility index (Phi) is 6.56. The molecule has 1 rings (SSSR count). The van der Waals surface area contributed by atoms with Gasteiger partial charge in [0.25, 0.3) is 0 Å². The second-order valence-corrected chi connectivity index (χ2v) is 5.62. The van der Waals surface area contributed by atoms with Crippen LogP contribution >= 0.6 is 0 Å². The van der Waals surface area contributed by atoms with E-state index in [1.54, 1.807) is 0 Å². The molecule has 0 aromatic carbocycles. The zero-order chi connectivity index (χ0) is 14.4. The van der Waals surface area contributed by atoms with Crippen LogP contribution in [0.15, 0.2) is 0 Å². The van der Waals surface area contributed by atoms with Gasteiger partial charge in [-0.2, -0.15) is 5.10 Å². The van der Waals surface area contributed by atoms with Crippen molar-refractivity contribution < 1.29 is 0 Å². The number of hydrogen-bond donors (Lipinski definition) is 1. The van der Waals surface area contributed by atoms with Gasteiger partial charge in [-0.25, -0.2) is 0 Å². The molecule has 0 aliphatic rings. The van der Waals surface area contributed by atoms with Crippen molar-refractivity contribution in [3.8, 4) is 0 Å². The van der Waals surface area contributed by atoms with Gasteiger partial charge in [-0.15, -0.1) is 0 Å². The number of hydrogen-bond acceptors (Lipinski definition) is 2. The molecule has 0 bridgehead atoms. The number of nitrogens with one attached hydrogen (secondary N) is 1. The predicted molar refractivity (Wildman–Crippen MR) is 82.5 cm³/mol. The van der Waals surface area contributed by atoms with Crippen LogP contribution in [0.5, 0.6) is 0 Å². The molecule has 1 atom stereocenters. The maximum atomic E-state index is 4.75. The van der Waals surface area contributed by atoms with E-state index in [2.05, 4.69) is 51.5 Å². The molecule has 0 amide bonds. The lowest BCUT2D eigenvalue weighted by atomic mass is 10.0. The molecule has 1 N–H and O–H groups in total. The standard InChI is InChI=1S/C16H31N3/c1-7-10-17-12(4)16-13(5)18-19(14(16)6)11-15(8-2)9-3/h12,15,17H,7-11H2,1-6H3. The zero-order valence-corrected chi connectivity index (χ0v) is 13.6. The second-order valence-electron chi connectivity index (χ2n) is 5.62. The number of aryl methyl sites for hydroxylation is 1. The Bertz CT molecular complexity index is 378. The first kappa shape index (κ1) is 16.2. The van der Waals surface area contributed by atoms with Gasteiger partial charge in [-0.3, -0.25) is 4.68 Å². The topological polar surface area (TPSA) is 29.9 Å². The van der Waals surface area contributed by atoms with Crippen molar-refractivity contribution in [1.82, 2.24) is 15.1 Å². The molecule has 0 aliphatic carbocycles. The Morgan fingerprint density at radius 1 is 1.16 bits per heavy atom. The first-order chi connectivity index (χ1) is 9.04. The fraction of sp³-hybridized carbons (Fsp3) is 0.812. The highest BCUT2D eigenvalue weighted by Crippen LogP contribution is 2.23. The molecule has 0 fully saturated rings. The molecular formula is C16H31N3. The van der Waals surface area contributed by atoms with Crippen molar-refractivity contribution in [2.75, 3.05) is 6.54 Å². The summed E-state index contributed by atoms with van der Waals surface area (Å²) in [5.74, 6) is 0.741. The summed E-state index contributed by atoms with van der Waals surface area (Å²) in [6.45, 7) is 15.5. The SMILES string of the molecule is CCCNC(C)c1c(C)nn(CC(CC)CC)c1C. The van der Waals surface area contributed by atoms with Crippen LogP contribution in [0.1, 0.15) is 70.0 Å². The van der Waals surface area contributed by atoms with Gasteiger partial charge in [-0.1, -0.05) is 33.6 Å². The van der Waals surface area contributed by atoms with E-state index in [1.165, 1.54) is 36.2 Å². The summed E-state index contributed by atoms with van der Waals surface area (Å²) in [5, 5.41) is 8.32. The van der Waals surface area contributed by atoms with Gasteiger partial charge in [0.15, 0.2) is 0 Å². The van der Waals surface area contributed by atoms with E-state index in [0.29, 0.717) is 6.04 Å². The van der Waals surface area contributed by atoms with E-state index in [-0.39, 0.29) is 0 Å². The Hall–Kier alpha value is -0.830. The van der Waals surface area contributed by atoms with Crippen molar-refractivity contribution in [2.45, 2.75) is 73.4 Å². The van der Waals surface area contributed by atoms with Crippen molar-refractivity contribution in [3.05, 3.63) is 17.0 Å². The molecule has 1 unspecified atom stereocenters. The zero-order valence-electron chi connectivity index (χ0n) is 13.6. The Balaban J connectivity index is 2.87. The van der Waals surface area contributed by atoms with Gasteiger partial charge in [-0.05, 0) is 39.7 Å². The van der Waals surface area contributed by atoms with E-state index >= 15 is 0 Å². The van der Waals surface area contributed by atoms with E-state index in [4.69, 9.17) is 5.10 Å². The molecule has 1 aromatic rings. The molecule has 19 heavy (non-hydrogen) atoms. The third kappa shape index (κ3) is 4.07. The third-order valence-electron chi connectivity index (χ3n) is 4.16. The molecule has 1 heterocycles. The maximum Gasteiger partial charge on any atom is 0.0644 e. The molecule has 0 radical (unpaired) electrons. The minimum Gasteiger partial charge on any atom is -0.310 e. The maximum absolute atomic E-state index is 4.75. The van der Waals surface area contributed by atoms with Crippen molar-refractivity contribution in [2.24, 2.45) is 5.92 Å². The highest BCUT2D eigenvalue weighted by molar-refractivity contribution is 5.27. The molecule has 1 aromatic heterocycles. The summed E-state index contributed by atoms with van der Waals surface area (Å²) < 4.78 is 2.21. The summed E-state index contributed by atoms with van der Waals surface area (Å²) >= 11 is 0. The van der Waals surface area contributed by atoms with Gasteiger partial charge in [0, 0.05) is 23.8 Å². The van der Waals surface area contributed by atoms with Crippen LogP contribution in [0, 0.1) is 19.8 Å². The van der Waals surface area contributed by atoms with Crippen LogP contribution in [-0.2, 0) is 6.54 Å².